The third-order valence-corrected chi connectivity index (χ3v) is 3.46. The summed E-state index contributed by atoms with van der Waals surface area (Å²) in [6.07, 6.45) is 0.271. The lowest BCUT2D eigenvalue weighted by Gasteiger charge is -2.25. The average molecular weight is 295 g/mol. The number of rotatable bonds is 7. The van der Waals surface area contributed by atoms with Crippen molar-refractivity contribution < 1.29 is 24.2 Å². The standard InChI is InChI=1S/C15H21NO5/c1-5-15(2,14(18)19)16-13(17)9-10-11(20-3)7-6-8-12(10)21-4/h6-8H,5,9H2,1-4H3,(H,16,17)(H,18,19). The van der Waals surface area contributed by atoms with Gasteiger partial charge >= 0.3 is 5.97 Å². The predicted molar refractivity (Wildman–Crippen MR) is 77.7 cm³/mol. The van der Waals surface area contributed by atoms with Crippen LogP contribution in [0, 0.1) is 0 Å². The van der Waals surface area contributed by atoms with Crippen molar-refractivity contribution in [3.05, 3.63) is 23.8 Å². The highest BCUT2D eigenvalue weighted by atomic mass is 16.5. The number of carboxylic acids is 1. The van der Waals surface area contributed by atoms with E-state index in [2.05, 4.69) is 5.32 Å². The van der Waals surface area contributed by atoms with Gasteiger partial charge in [0.15, 0.2) is 0 Å². The molecular formula is C15H21NO5. The summed E-state index contributed by atoms with van der Waals surface area (Å²) in [6, 6.07) is 5.20. The lowest BCUT2D eigenvalue weighted by Crippen LogP contribution is -2.52. The van der Waals surface area contributed by atoms with Crippen molar-refractivity contribution in [1.82, 2.24) is 5.32 Å². The van der Waals surface area contributed by atoms with E-state index in [1.54, 1.807) is 25.1 Å². The Kier molecular flexibility index (Phi) is 5.58. The first-order valence-electron chi connectivity index (χ1n) is 6.62. The second-order valence-corrected chi connectivity index (χ2v) is 4.86. The Morgan fingerprint density at radius 2 is 1.76 bits per heavy atom. The molecule has 0 heterocycles. The molecule has 0 saturated carbocycles. The summed E-state index contributed by atoms with van der Waals surface area (Å²) in [4.78, 5) is 23.4. The highest BCUT2D eigenvalue weighted by Crippen LogP contribution is 2.28. The van der Waals surface area contributed by atoms with Crippen LogP contribution in [0.4, 0.5) is 0 Å². The van der Waals surface area contributed by atoms with Gasteiger partial charge in [0.25, 0.3) is 0 Å². The largest absolute Gasteiger partial charge is 0.496 e. The number of nitrogens with one attached hydrogen (secondary N) is 1. The third kappa shape index (κ3) is 3.87. The molecule has 6 heteroatoms. The highest BCUT2D eigenvalue weighted by Gasteiger charge is 2.33. The molecule has 21 heavy (non-hydrogen) atoms. The summed E-state index contributed by atoms with van der Waals surface area (Å²) in [5.41, 5.74) is -0.698. The zero-order valence-electron chi connectivity index (χ0n) is 12.7. The quantitative estimate of drug-likeness (QED) is 0.798. The number of hydrogen-bond acceptors (Lipinski definition) is 4. The normalized spacial score (nSPS) is 13.1. The van der Waals surface area contributed by atoms with Gasteiger partial charge in [-0.15, -0.1) is 0 Å². The molecule has 116 valence electrons. The summed E-state index contributed by atoms with van der Waals surface area (Å²) < 4.78 is 10.4. The molecule has 1 amide bonds. The Balaban J connectivity index is 2.96. The molecule has 2 N–H and O–H groups in total. The van der Waals surface area contributed by atoms with Crippen LogP contribution in [0.2, 0.25) is 0 Å². The van der Waals surface area contributed by atoms with E-state index in [9.17, 15) is 14.7 Å². The van der Waals surface area contributed by atoms with Crippen LogP contribution in [0.1, 0.15) is 25.8 Å². The smallest absolute Gasteiger partial charge is 0.329 e. The zero-order valence-corrected chi connectivity index (χ0v) is 12.7. The number of benzene rings is 1. The molecular weight excluding hydrogens is 274 g/mol. The molecule has 0 aliphatic heterocycles. The van der Waals surface area contributed by atoms with Crippen LogP contribution in [0.3, 0.4) is 0 Å². The Hall–Kier alpha value is -2.24. The number of carboxylic acid groups (broad SMARTS) is 1. The minimum atomic E-state index is -1.29. The van der Waals surface area contributed by atoms with Crippen LogP contribution in [0.5, 0.6) is 11.5 Å². The molecule has 1 aromatic rings. The van der Waals surface area contributed by atoms with Gasteiger partial charge in [0.2, 0.25) is 5.91 Å². The van der Waals surface area contributed by atoms with Crippen molar-refractivity contribution in [2.75, 3.05) is 14.2 Å². The average Bonchev–Trinajstić information content (AvgIpc) is 2.46. The molecule has 6 nitrogen and oxygen atoms in total. The number of carbonyl (C=O) groups excluding carboxylic acids is 1. The lowest BCUT2D eigenvalue weighted by atomic mass is 9.98. The molecule has 1 unspecified atom stereocenters. The summed E-state index contributed by atoms with van der Waals surface area (Å²) in [5, 5.41) is 11.7. The SMILES string of the molecule is CCC(C)(NC(=O)Cc1c(OC)cccc1OC)C(=O)O. The first-order valence-corrected chi connectivity index (χ1v) is 6.62. The number of methoxy groups -OCH3 is 2. The Labute approximate surface area is 124 Å². The first kappa shape index (κ1) is 16.8. The molecule has 0 spiro atoms. The minimum Gasteiger partial charge on any atom is -0.496 e. The van der Waals surface area contributed by atoms with Gasteiger partial charge in [-0.2, -0.15) is 0 Å². The lowest BCUT2D eigenvalue weighted by molar-refractivity contribution is -0.146. The maximum atomic E-state index is 12.1. The van der Waals surface area contributed by atoms with Gasteiger partial charge in [0.1, 0.15) is 17.0 Å². The van der Waals surface area contributed by atoms with Crippen LogP contribution in [0.15, 0.2) is 18.2 Å². The minimum absolute atomic E-state index is 0.0178. The van der Waals surface area contributed by atoms with Crippen molar-refractivity contribution in [2.24, 2.45) is 0 Å². The summed E-state index contributed by atoms with van der Waals surface area (Å²) >= 11 is 0. The third-order valence-electron chi connectivity index (χ3n) is 3.46. The van der Waals surface area contributed by atoms with Gasteiger partial charge in [-0.3, -0.25) is 4.79 Å². The van der Waals surface area contributed by atoms with Crippen LogP contribution < -0.4 is 14.8 Å². The van der Waals surface area contributed by atoms with E-state index in [1.807, 2.05) is 0 Å². The number of carbonyl (C=O) groups is 2. The van der Waals surface area contributed by atoms with Gasteiger partial charge in [-0.1, -0.05) is 13.0 Å². The van der Waals surface area contributed by atoms with E-state index >= 15 is 0 Å². The van der Waals surface area contributed by atoms with Gasteiger partial charge in [-0.25, -0.2) is 4.79 Å². The second-order valence-electron chi connectivity index (χ2n) is 4.86. The van der Waals surface area contributed by atoms with Crippen LogP contribution in [-0.4, -0.2) is 36.7 Å². The van der Waals surface area contributed by atoms with E-state index in [1.165, 1.54) is 21.1 Å². The molecule has 0 aliphatic rings. The second kappa shape index (κ2) is 6.97. The van der Waals surface area contributed by atoms with E-state index in [-0.39, 0.29) is 12.8 Å². The summed E-state index contributed by atoms with van der Waals surface area (Å²) in [5.74, 6) is -0.411. The first-order chi connectivity index (χ1) is 9.87. The molecule has 0 saturated heterocycles. The van der Waals surface area contributed by atoms with Gasteiger partial charge in [0.05, 0.1) is 20.6 Å². The van der Waals surface area contributed by atoms with Gasteiger partial charge < -0.3 is 19.9 Å². The molecule has 0 aromatic heterocycles. The monoisotopic (exact) mass is 295 g/mol. The van der Waals surface area contributed by atoms with E-state index in [0.29, 0.717) is 17.1 Å². The maximum Gasteiger partial charge on any atom is 0.329 e. The van der Waals surface area contributed by atoms with Gasteiger partial charge in [-0.05, 0) is 25.5 Å². The molecule has 0 bridgehead atoms. The summed E-state index contributed by atoms with van der Waals surface area (Å²) in [6.45, 7) is 3.19. The molecule has 0 aliphatic carbocycles. The van der Waals surface area contributed by atoms with E-state index < -0.39 is 17.4 Å². The topological polar surface area (TPSA) is 84.9 Å². The number of hydrogen-bond donors (Lipinski definition) is 2. The predicted octanol–water partition coefficient (Wildman–Crippen LogP) is 1.62. The van der Waals surface area contributed by atoms with Crippen molar-refractivity contribution in [1.29, 1.82) is 0 Å². The van der Waals surface area contributed by atoms with Crippen molar-refractivity contribution in [3.8, 4) is 11.5 Å². The van der Waals surface area contributed by atoms with Crippen molar-refractivity contribution >= 4 is 11.9 Å². The Morgan fingerprint density at radius 1 is 1.24 bits per heavy atom. The number of amides is 1. The molecule has 1 atom stereocenters. The highest BCUT2D eigenvalue weighted by molar-refractivity contribution is 5.88. The fourth-order valence-corrected chi connectivity index (χ4v) is 1.91. The number of ether oxygens (including phenoxy) is 2. The molecule has 1 rings (SSSR count). The maximum absolute atomic E-state index is 12.1. The van der Waals surface area contributed by atoms with Gasteiger partial charge in [0, 0.05) is 5.56 Å². The fourth-order valence-electron chi connectivity index (χ4n) is 1.91. The Morgan fingerprint density at radius 3 is 2.14 bits per heavy atom. The molecule has 0 fully saturated rings. The summed E-state index contributed by atoms with van der Waals surface area (Å²) in [7, 11) is 3.01. The van der Waals surface area contributed by atoms with Crippen LogP contribution in [-0.2, 0) is 16.0 Å². The van der Waals surface area contributed by atoms with Crippen LogP contribution in [0.25, 0.3) is 0 Å². The fraction of sp³-hybridized carbons (Fsp3) is 0.467. The van der Waals surface area contributed by atoms with Crippen molar-refractivity contribution in [3.63, 3.8) is 0 Å². The van der Waals surface area contributed by atoms with E-state index in [0.717, 1.165) is 0 Å². The van der Waals surface area contributed by atoms with Crippen molar-refractivity contribution in [2.45, 2.75) is 32.2 Å². The zero-order chi connectivity index (χ0) is 16.0. The van der Waals surface area contributed by atoms with Crippen LogP contribution >= 0.6 is 0 Å². The molecule has 0 radical (unpaired) electrons. The molecule has 1 aromatic carbocycles. The number of aliphatic carboxylic acids is 1. The Bertz CT molecular complexity index is 507. The van der Waals surface area contributed by atoms with E-state index in [4.69, 9.17) is 9.47 Å².